The molecule has 102 valence electrons. The van der Waals surface area contributed by atoms with Gasteiger partial charge in [0.2, 0.25) is 0 Å². The van der Waals surface area contributed by atoms with Crippen LogP contribution in [0.3, 0.4) is 0 Å². The predicted molar refractivity (Wildman–Crippen MR) is 80.9 cm³/mol. The minimum Gasteiger partial charge on any atom is -0.223 e. The number of hydrogen-bond donors (Lipinski definition) is 0. The molecule has 3 nitrogen and oxygen atoms in total. The highest BCUT2D eigenvalue weighted by Gasteiger charge is 2.16. The van der Waals surface area contributed by atoms with Gasteiger partial charge in [-0.15, -0.1) is 0 Å². The summed E-state index contributed by atoms with van der Waals surface area (Å²) in [4.78, 5) is 0.296. The van der Waals surface area contributed by atoms with Crippen LogP contribution in [-0.4, -0.2) is 8.42 Å². The average molecular weight is 350 g/mol. The second-order valence-corrected chi connectivity index (χ2v) is 7.37. The van der Waals surface area contributed by atoms with Crippen molar-refractivity contribution >= 4 is 25.8 Å². The summed E-state index contributed by atoms with van der Waals surface area (Å²) in [5.74, 6) is -0.0633. The first-order valence-electron chi connectivity index (χ1n) is 5.90. The first-order chi connectivity index (χ1) is 9.42. The van der Waals surface area contributed by atoms with Crippen LogP contribution in [0, 0.1) is 18.3 Å². The highest BCUT2D eigenvalue weighted by molar-refractivity contribution is 9.10. The molecule has 0 heterocycles. The van der Waals surface area contributed by atoms with Crippen LogP contribution in [0.15, 0.2) is 51.8 Å². The summed E-state index contributed by atoms with van der Waals surface area (Å²) in [5, 5.41) is 8.82. The summed E-state index contributed by atoms with van der Waals surface area (Å²) >= 11 is 3.28. The van der Waals surface area contributed by atoms with Gasteiger partial charge in [0.1, 0.15) is 0 Å². The molecule has 0 saturated carbocycles. The molecule has 0 amide bonds. The van der Waals surface area contributed by atoms with E-state index < -0.39 is 9.84 Å². The van der Waals surface area contributed by atoms with Crippen LogP contribution in [-0.2, 0) is 15.6 Å². The number of sulfone groups is 1. The fourth-order valence-corrected chi connectivity index (χ4v) is 3.57. The van der Waals surface area contributed by atoms with E-state index in [0.29, 0.717) is 16.0 Å². The second kappa shape index (κ2) is 5.78. The van der Waals surface area contributed by atoms with E-state index in [9.17, 15) is 8.42 Å². The van der Waals surface area contributed by atoms with Crippen molar-refractivity contribution < 1.29 is 8.42 Å². The molecule has 0 fully saturated rings. The molecule has 2 aromatic rings. The zero-order chi connectivity index (χ0) is 14.8. The molecule has 20 heavy (non-hydrogen) atoms. The minimum atomic E-state index is -3.38. The molecule has 0 saturated heterocycles. The number of nitriles is 1. The van der Waals surface area contributed by atoms with E-state index in [1.165, 1.54) is 0 Å². The zero-order valence-electron chi connectivity index (χ0n) is 10.8. The van der Waals surface area contributed by atoms with E-state index in [4.69, 9.17) is 5.26 Å². The fourth-order valence-electron chi connectivity index (χ4n) is 1.86. The highest BCUT2D eigenvalue weighted by atomic mass is 79.9. The number of rotatable bonds is 3. The number of nitrogens with zero attached hydrogens (tertiary/aromatic N) is 1. The molecule has 0 bridgehead atoms. The van der Waals surface area contributed by atoms with Crippen molar-refractivity contribution in [3.63, 3.8) is 0 Å². The van der Waals surface area contributed by atoms with Crippen molar-refractivity contribution in [1.29, 1.82) is 5.26 Å². The molecule has 5 heteroatoms. The van der Waals surface area contributed by atoms with E-state index in [1.54, 1.807) is 42.5 Å². The van der Waals surface area contributed by atoms with Crippen LogP contribution < -0.4 is 0 Å². The average Bonchev–Trinajstić information content (AvgIpc) is 2.41. The molecular weight excluding hydrogens is 338 g/mol. The Morgan fingerprint density at radius 3 is 2.35 bits per heavy atom. The summed E-state index contributed by atoms with van der Waals surface area (Å²) in [5.41, 5.74) is 2.06. The number of hydrogen-bond acceptors (Lipinski definition) is 3. The molecule has 0 N–H and O–H groups in total. The van der Waals surface area contributed by atoms with Crippen molar-refractivity contribution in [2.75, 3.05) is 0 Å². The van der Waals surface area contributed by atoms with Gasteiger partial charge in [0.05, 0.1) is 22.3 Å². The first-order valence-corrected chi connectivity index (χ1v) is 8.35. The third kappa shape index (κ3) is 3.27. The van der Waals surface area contributed by atoms with Crippen LogP contribution >= 0.6 is 15.9 Å². The topological polar surface area (TPSA) is 57.9 Å². The smallest absolute Gasteiger partial charge is 0.182 e. The van der Waals surface area contributed by atoms with Crippen LogP contribution in [0.4, 0.5) is 0 Å². The molecule has 0 aliphatic rings. The van der Waals surface area contributed by atoms with Crippen molar-refractivity contribution in [1.82, 2.24) is 0 Å². The number of aryl methyl sites for hydroxylation is 1. The van der Waals surface area contributed by atoms with Crippen LogP contribution in [0.1, 0.15) is 16.7 Å². The van der Waals surface area contributed by atoms with Gasteiger partial charge < -0.3 is 0 Å². The molecule has 0 atom stereocenters. The third-order valence-corrected chi connectivity index (χ3v) is 5.20. The quantitative estimate of drug-likeness (QED) is 0.850. The molecule has 0 unspecified atom stereocenters. The van der Waals surface area contributed by atoms with E-state index in [1.807, 2.05) is 13.0 Å². The van der Waals surface area contributed by atoms with Crippen LogP contribution in [0.5, 0.6) is 0 Å². The standard InChI is InChI=1S/C15H12BrNO2S/c1-11-8-12(9-17)2-3-13(11)10-20(18,19)15-6-4-14(16)5-7-15/h2-8H,10H2,1H3. The fraction of sp³-hybridized carbons (Fsp3) is 0.133. The molecule has 2 aromatic carbocycles. The van der Waals surface area contributed by atoms with Crippen LogP contribution in [0.2, 0.25) is 0 Å². The summed E-state index contributed by atoms with van der Waals surface area (Å²) in [6.45, 7) is 1.81. The summed E-state index contributed by atoms with van der Waals surface area (Å²) in [6.07, 6.45) is 0. The van der Waals surface area contributed by atoms with E-state index in [2.05, 4.69) is 15.9 Å². The number of benzene rings is 2. The SMILES string of the molecule is Cc1cc(C#N)ccc1CS(=O)(=O)c1ccc(Br)cc1. The maximum atomic E-state index is 12.3. The lowest BCUT2D eigenvalue weighted by atomic mass is 10.1. The lowest BCUT2D eigenvalue weighted by Gasteiger charge is -2.08. The molecular formula is C15H12BrNO2S. The van der Waals surface area contributed by atoms with Gasteiger partial charge in [-0.05, 0) is 54.4 Å². The first kappa shape index (κ1) is 14.8. The van der Waals surface area contributed by atoms with Gasteiger partial charge in [-0.2, -0.15) is 5.26 Å². The molecule has 0 aliphatic carbocycles. The van der Waals surface area contributed by atoms with Gasteiger partial charge in [-0.1, -0.05) is 22.0 Å². The number of halogens is 1. The monoisotopic (exact) mass is 349 g/mol. The Balaban J connectivity index is 2.34. The largest absolute Gasteiger partial charge is 0.223 e. The highest BCUT2D eigenvalue weighted by Crippen LogP contribution is 2.21. The summed E-state index contributed by atoms with van der Waals surface area (Å²) in [6, 6.07) is 13.7. The third-order valence-electron chi connectivity index (χ3n) is 2.99. The Labute approximate surface area is 126 Å². The maximum Gasteiger partial charge on any atom is 0.182 e. The van der Waals surface area contributed by atoms with Gasteiger partial charge in [-0.25, -0.2) is 8.42 Å². The van der Waals surface area contributed by atoms with Crippen molar-refractivity contribution in [2.24, 2.45) is 0 Å². The van der Waals surface area contributed by atoms with Gasteiger partial charge in [0, 0.05) is 4.47 Å². The predicted octanol–water partition coefficient (Wildman–Crippen LogP) is 3.60. The Bertz CT molecular complexity index is 775. The normalized spacial score (nSPS) is 11.1. The summed E-state index contributed by atoms with van der Waals surface area (Å²) in [7, 11) is -3.38. The van der Waals surface area contributed by atoms with Crippen molar-refractivity contribution in [3.8, 4) is 6.07 Å². The molecule has 0 aliphatic heterocycles. The minimum absolute atomic E-state index is 0.0633. The lowest BCUT2D eigenvalue weighted by Crippen LogP contribution is -2.06. The Morgan fingerprint density at radius 1 is 1.15 bits per heavy atom. The van der Waals surface area contributed by atoms with Crippen molar-refractivity contribution in [2.45, 2.75) is 17.6 Å². The Morgan fingerprint density at radius 2 is 1.80 bits per heavy atom. The molecule has 0 radical (unpaired) electrons. The molecule has 0 spiro atoms. The van der Waals surface area contributed by atoms with E-state index in [-0.39, 0.29) is 5.75 Å². The van der Waals surface area contributed by atoms with E-state index >= 15 is 0 Å². The molecule has 0 aromatic heterocycles. The second-order valence-electron chi connectivity index (χ2n) is 4.47. The van der Waals surface area contributed by atoms with E-state index in [0.717, 1.165) is 10.0 Å². The van der Waals surface area contributed by atoms with Gasteiger partial charge in [-0.3, -0.25) is 0 Å². The van der Waals surface area contributed by atoms with Gasteiger partial charge >= 0.3 is 0 Å². The Hall–Kier alpha value is -1.64. The van der Waals surface area contributed by atoms with Crippen LogP contribution in [0.25, 0.3) is 0 Å². The Kier molecular flexibility index (Phi) is 4.26. The maximum absolute atomic E-state index is 12.3. The summed E-state index contributed by atoms with van der Waals surface area (Å²) < 4.78 is 25.5. The van der Waals surface area contributed by atoms with Gasteiger partial charge in [0.25, 0.3) is 0 Å². The molecule has 2 rings (SSSR count). The van der Waals surface area contributed by atoms with Crippen molar-refractivity contribution in [3.05, 3.63) is 63.6 Å². The van der Waals surface area contributed by atoms with Gasteiger partial charge in [0.15, 0.2) is 9.84 Å². The lowest BCUT2D eigenvalue weighted by molar-refractivity contribution is 0.595. The zero-order valence-corrected chi connectivity index (χ0v) is 13.2.